The van der Waals surface area contributed by atoms with Crippen LogP contribution in [0.4, 0.5) is 13.2 Å². The molecule has 0 aromatic carbocycles. The highest BCUT2D eigenvalue weighted by Gasteiger charge is 2.23. The summed E-state index contributed by atoms with van der Waals surface area (Å²) in [7, 11) is 1.04. The average molecular weight is 219 g/mol. The summed E-state index contributed by atoms with van der Waals surface area (Å²) < 4.78 is 42.2. The number of carbonyl (C=O) groups excluding carboxylic acids is 1. The van der Waals surface area contributed by atoms with Crippen molar-refractivity contribution >= 4 is 5.97 Å². The third kappa shape index (κ3) is 2.08. The van der Waals surface area contributed by atoms with Crippen molar-refractivity contribution in [1.82, 2.24) is 4.98 Å². The Morgan fingerprint density at radius 3 is 2.60 bits per heavy atom. The highest BCUT2D eigenvalue weighted by atomic mass is 19.3. The van der Waals surface area contributed by atoms with E-state index in [1.165, 1.54) is 6.92 Å². The summed E-state index contributed by atoms with van der Waals surface area (Å²) in [5.41, 5.74) is -1.43. The molecule has 1 aromatic heterocycles. The van der Waals surface area contributed by atoms with Gasteiger partial charge in [0.05, 0.1) is 18.4 Å². The number of rotatable bonds is 2. The molecule has 1 heterocycles. The SMILES string of the molecule is COC(=O)c1c(C)ncc(C(F)F)c1F. The highest BCUT2D eigenvalue weighted by Crippen LogP contribution is 2.24. The number of methoxy groups -OCH3 is 1. The Hall–Kier alpha value is -1.59. The standard InChI is InChI=1S/C9H8F3NO2/c1-4-6(9(14)15-2)7(10)5(3-13-4)8(11)12/h3,8H,1-2H3. The Labute approximate surface area is 83.9 Å². The third-order valence-corrected chi connectivity index (χ3v) is 1.86. The number of alkyl halides is 2. The summed E-state index contributed by atoms with van der Waals surface area (Å²) in [6, 6.07) is 0. The van der Waals surface area contributed by atoms with Gasteiger partial charge in [-0.3, -0.25) is 4.98 Å². The Morgan fingerprint density at radius 2 is 2.13 bits per heavy atom. The third-order valence-electron chi connectivity index (χ3n) is 1.86. The summed E-state index contributed by atoms with van der Waals surface area (Å²) >= 11 is 0. The zero-order chi connectivity index (χ0) is 11.6. The molecule has 0 aliphatic carbocycles. The number of hydrogen-bond donors (Lipinski definition) is 0. The Kier molecular flexibility index (Phi) is 3.28. The summed E-state index contributed by atoms with van der Waals surface area (Å²) in [5.74, 6) is -2.29. The minimum atomic E-state index is -3.01. The molecular formula is C9H8F3NO2. The van der Waals surface area contributed by atoms with Crippen LogP contribution in [0.1, 0.15) is 28.0 Å². The van der Waals surface area contributed by atoms with Gasteiger partial charge in [0.15, 0.2) is 0 Å². The van der Waals surface area contributed by atoms with Crippen molar-refractivity contribution in [2.75, 3.05) is 7.11 Å². The zero-order valence-electron chi connectivity index (χ0n) is 8.05. The number of halogens is 3. The van der Waals surface area contributed by atoms with Gasteiger partial charge < -0.3 is 4.74 Å². The lowest BCUT2D eigenvalue weighted by atomic mass is 10.1. The molecule has 0 saturated heterocycles. The maximum atomic E-state index is 13.4. The molecule has 0 bridgehead atoms. The smallest absolute Gasteiger partial charge is 0.342 e. The van der Waals surface area contributed by atoms with Crippen LogP contribution in [-0.4, -0.2) is 18.1 Å². The van der Waals surface area contributed by atoms with Gasteiger partial charge in [-0.2, -0.15) is 0 Å². The number of nitrogens with zero attached hydrogens (tertiary/aromatic N) is 1. The molecule has 1 rings (SSSR count). The number of aromatic nitrogens is 1. The van der Waals surface area contributed by atoms with Gasteiger partial charge in [0, 0.05) is 6.20 Å². The first-order valence-corrected chi connectivity index (χ1v) is 4.00. The minimum Gasteiger partial charge on any atom is -0.465 e. The van der Waals surface area contributed by atoms with Gasteiger partial charge in [-0.05, 0) is 6.92 Å². The molecule has 0 saturated carbocycles. The monoisotopic (exact) mass is 219 g/mol. The topological polar surface area (TPSA) is 39.2 Å². The lowest BCUT2D eigenvalue weighted by Crippen LogP contribution is -2.11. The predicted octanol–water partition coefficient (Wildman–Crippen LogP) is 2.25. The van der Waals surface area contributed by atoms with Gasteiger partial charge in [-0.25, -0.2) is 18.0 Å². The van der Waals surface area contributed by atoms with Crippen molar-refractivity contribution in [1.29, 1.82) is 0 Å². The van der Waals surface area contributed by atoms with E-state index < -0.39 is 29.3 Å². The number of esters is 1. The summed E-state index contributed by atoms with van der Waals surface area (Å²) in [5, 5.41) is 0. The van der Waals surface area contributed by atoms with Gasteiger partial charge in [-0.1, -0.05) is 0 Å². The Balaban J connectivity index is 3.36. The molecule has 0 aliphatic rings. The van der Waals surface area contributed by atoms with Crippen molar-refractivity contribution in [2.24, 2.45) is 0 Å². The number of carbonyl (C=O) groups is 1. The van der Waals surface area contributed by atoms with Crippen LogP contribution in [0.5, 0.6) is 0 Å². The average Bonchev–Trinajstić information content (AvgIpc) is 2.16. The molecule has 0 spiro atoms. The van der Waals surface area contributed by atoms with Gasteiger partial charge in [0.1, 0.15) is 11.4 Å². The minimum absolute atomic E-state index is 0.0174. The van der Waals surface area contributed by atoms with Crippen LogP contribution in [0, 0.1) is 12.7 Å². The fraction of sp³-hybridized carbons (Fsp3) is 0.333. The molecule has 15 heavy (non-hydrogen) atoms. The van der Waals surface area contributed by atoms with E-state index in [-0.39, 0.29) is 5.69 Å². The number of aryl methyl sites for hydroxylation is 1. The van der Waals surface area contributed by atoms with E-state index in [1.54, 1.807) is 0 Å². The predicted molar refractivity (Wildman–Crippen MR) is 45.2 cm³/mol. The second-order valence-corrected chi connectivity index (χ2v) is 2.78. The number of hydrogen-bond acceptors (Lipinski definition) is 3. The zero-order valence-corrected chi connectivity index (χ0v) is 8.05. The van der Waals surface area contributed by atoms with E-state index in [4.69, 9.17) is 0 Å². The van der Waals surface area contributed by atoms with Crippen molar-refractivity contribution in [3.05, 3.63) is 28.8 Å². The number of ether oxygens (including phenoxy) is 1. The maximum Gasteiger partial charge on any atom is 0.342 e. The first-order valence-electron chi connectivity index (χ1n) is 4.00. The lowest BCUT2D eigenvalue weighted by Gasteiger charge is -2.08. The van der Waals surface area contributed by atoms with Crippen LogP contribution in [0.25, 0.3) is 0 Å². The fourth-order valence-corrected chi connectivity index (χ4v) is 1.08. The quantitative estimate of drug-likeness (QED) is 0.716. The van der Waals surface area contributed by atoms with Crippen molar-refractivity contribution < 1.29 is 22.7 Å². The maximum absolute atomic E-state index is 13.4. The van der Waals surface area contributed by atoms with Crippen LogP contribution in [-0.2, 0) is 4.74 Å². The molecule has 3 nitrogen and oxygen atoms in total. The lowest BCUT2D eigenvalue weighted by molar-refractivity contribution is 0.0592. The second kappa shape index (κ2) is 4.29. The van der Waals surface area contributed by atoms with E-state index in [0.29, 0.717) is 6.20 Å². The van der Waals surface area contributed by atoms with Gasteiger partial charge in [0.25, 0.3) is 6.43 Å². The van der Waals surface area contributed by atoms with E-state index in [1.807, 2.05) is 0 Å². The van der Waals surface area contributed by atoms with Gasteiger partial charge in [0.2, 0.25) is 0 Å². The normalized spacial score (nSPS) is 10.5. The summed E-state index contributed by atoms with van der Waals surface area (Å²) in [6.07, 6.45) is -2.30. The van der Waals surface area contributed by atoms with Crippen molar-refractivity contribution in [2.45, 2.75) is 13.3 Å². The molecule has 0 amide bonds. The van der Waals surface area contributed by atoms with Crippen LogP contribution in [0.3, 0.4) is 0 Å². The molecule has 1 aromatic rings. The molecule has 82 valence electrons. The Morgan fingerprint density at radius 1 is 1.53 bits per heavy atom. The molecule has 0 unspecified atom stereocenters. The Bertz CT molecular complexity index is 393. The van der Waals surface area contributed by atoms with E-state index in [9.17, 15) is 18.0 Å². The van der Waals surface area contributed by atoms with Crippen LogP contribution in [0.2, 0.25) is 0 Å². The van der Waals surface area contributed by atoms with Gasteiger partial charge >= 0.3 is 5.97 Å². The molecule has 0 N–H and O–H groups in total. The van der Waals surface area contributed by atoms with Crippen LogP contribution in [0.15, 0.2) is 6.20 Å². The van der Waals surface area contributed by atoms with Crippen LogP contribution < -0.4 is 0 Å². The van der Waals surface area contributed by atoms with Crippen molar-refractivity contribution in [3.63, 3.8) is 0 Å². The summed E-state index contributed by atoms with van der Waals surface area (Å²) in [6.45, 7) is 1.34. The molecule has 0 atom stereocenters. The number of pyridine rings is 1. The first-order chi connectivity index (χ1) is 6.99. The van der Waals surface area contributed by atoms with E-state index in [0.717, 1.165) is 7.11 Å². The summed E-state index contributed by atoms with van der Waals surface area (Å²) in [4.78, 5) is 14.6. The fourth-order valence-electron chi connectivity index (χ4n) is 1.08. The van der Waals surface area contributed by atoms with Gasteiger partial charge in [-0.15, -0.1) is 0 Å². The van der Waals surface area contributed by atoms with E-state index >= 15 is 0 Å². The highest BCUT2D eigenvalue weighted by molar-refractivity contribution is 5.90. The molecule has 0 radical (unpaired) electrons. The molecule has 6 heteroatoms. The molecule has 0 fully saturated rings. The first kappa shape index (κ1) is 11.5. The van der Waals surface area contributed by atoms with E-state index in [2.05, 4.69) is 9.72 Å². The van der Waals surface area contributed by atoms with Crippen LogP contribution >= 0.6 is 0 Å². The molecule has 0 aliphatic heterocycles. The molecular weight excluding hydrogens is 211 g/mol. The van der Waals surface area contributed by atoms with Crippen molar-refractivity contribution in [3.8, 4) is 0 Å². The second-order valence-electron chi connectivity index (χ2n) is 2.78. The largest absolute Gasteiger partial charge is 0.465 e.